The molecule has 0 fully saturated rings. The highest BCUT2D eigenvalue weighted by molar-refractivity contribution is 6.07. The summed E-state index contributed by atoms with van der Waals surface area (Å²) in [6.07, 6.45) is 1.72. The minimum Gasteiger partial charge on any atom is -0.371 e. The number of ether oxygens (including phenoxy) is 1. The first-order chi connectivity index (χ1) is 8.18. The number of rotatable bonds is 4. The number of carbonyl (C=O) groups excluding carboxylic acids is 1. The Kier molecular flexibility index (Phi) is 3.49. The second-order valence-corrected chi connectivity index (χ2v) is 4.16. The van der Waals surface area contributed by atoms with Crippen molar-refractivity contribution in [1.29, 1.82) is 0 Å². The Hall–Kier alpha value is -1.74. The lowest BCUT2D eigenvalue weighted by Gasteiger charge is -2.08. The molecule has 0 spiro atoms. The number of para-hydroxylation sites is 1. The first kappa shape index (κ1) is 11.7. The minimum atomic E-state index is -0.00250. The van der Waals surface area contributed by atoms with Crippen molar-refractivity contribution in [1.82, 2.24) is 4.98 Å². The topological polar surface area (TPSA) is 39.2 Å². The van der Waals surface area contributed by atoms with E-state index in [-0.39, 0.29) is 18.5 Å². The fourth-order valence-electron chi connectivity index (χ4n) is 1.66. The minimum absolute atomic E-state index is 0.00250. The van der Waals surface area contributed by atoms with E-state index in [0.29, 0.717) is 5.56 Å². The number of fused-ring (bicyclic) bond motifs is 1. The van der Waals surface area contributed by atoms with Crippen molar-refractivity contribution in [2.45, 2.75) is 20.0 Å². The van der Waals surface area contributed by atoms with Gasteiger partial charge in [-0.3, -0.25) is 9.78 Å². The zero-order chi connectivity index (χ0) is 12.3. The average Bonchev–Trinajstić information content (AvgIpc) is 2.35. The molecular weight excluding hydrogens is 214 g/mol. The van der Waals surface area contributed by atoms with Crippen LogP contribution in [0.15, 0.2) is 36.5 Å². The van der Waals surface area contributed by atoms with Gasteiger partial charge in [0.05, 0.1) is 11.6 Å². The molecule has 2 aromatic rings. The monoisotopic (exact) mass is 229 g/mol. The van der Waals surface area contributed by atoms with Gasteiger partial charge in [0.2, 0.25) is 0 Å². The van der Waals surface area contributed by atoms with Gasteiger partial charge in [0.15, 0.2) is 5.78 Å². The van der Waals surface area contributed by atoms with Crippen LogP contribution in [0.1, 0.15) is 24.2 Å². The molecule has 1 heterocycles. The maximum absolute atomic E-state index is 12.0. The van der Waals surface area contributed by atoms with E-state index < -0.39 is 0 Å². The molecule has 1 aromatic heterocycles. The van der Waals surface area contributed by atoms with Crippen LogP contribution < -0.4 is 0 Å². The van der Waals surface area contributed by atoms with Crippen molar-refractivity contribution in [2.75, 3.05) is 6.61 Å². The number of hydrogen-bond donors (Lipinski definition) is 0. The molecule has 0 amide bonds. The summed E-state index contributed by atoms with van der Waals surface area (Å²) in [5, 5.41) is 0.882. The molecule has 17 heavy (non-hydrogen) atoms. The fourth-order valence-corrected chi connectivity index (χ4v) is 1.66. The van der Waals surface area contributed by atoms with Gasteiger partial charge in [0.25, 0.3) is 0 Å². The first-order valence-electron chi connectivity index (χ1n) is 5.67. The normalized spacial score (nSPS) is 11.0. The molecule has 0 atom stereocenters. The van der Waals surface area contributed by atoms with E-state index in [1.54, 1.807) is 12.3 Å². The molecule has 0 N–H and O–H groups in total. The van der Waals surface area contributed by atoms with E-state index in [0.717, 1.165) is 10.9 Å². The van der Waals surface area contributed by atoms with E-state index in [4.69, 9.17) is 4.74 Å². The van der Waals surface area contributed by atoms with E-state index in [1.807, 2.05) is 38.1 Å². The van der Waals surface area contributed by atoms with Crippen molar-refractivity contribution in [2.24, 2.45) is 0 Å². The third-order valence-electron chi connectivity index (χ3n) is 2.50. The van der Waals surface area contributed by atoms with Crippen LogP contribution in [0, 0.1) is 0 Å². The van der Waals surface area contributed by atoms with Crippen LogP contribution in [-0.2, 0) is 4.74 Å². The molecule has 3 nitrogen and oxygen atoms in total. The van der Waals surface area contributed by atoms with E-state index in [2.05, 4.69) is 4.98 Å². The van der Waals surface area contributed by atoms with Gasteiger partial charge in [-0.1, -0.05) is 18.2 Å². The number of aromatic nitrogens is 1. The van der Waals surface area contributed by atoms with Gasteiger partial charge in [-0.05, 0) is 26.0 Å². The van der Waals surface area contributed by atoms with Gasteiger partial charge in [-0.15, -0.1) is 0 Å². The van der Waals surface area contributed by atoms with Gasteiger partial charge in [0.1, 0.15) is 6.61 Å². The second kappa shape index (κ2) is 5.06. The SMILES string of the molecule is CC(C)OCC(=O)c1ccnc2ccccc12. The summed E-state index contributed by atoms with van der Waals surface area (Å²) in [5.41, 5.74) is 1.51. The summed E-state index contributed by atoms with van der Waals surface area (Å²) in [7, 11) is 0. The quantitative estimate of drug-likeness (QED) is 0.757. The smallest absolute Gasteiger partial charge is 0.189 e. The summed E-state index contributed by atoms with van der Waals surface area (Å²) in [4.78, 5) is 16.2. The molecule has 0 unspecified atom stereocenters. The van der Waals surface area contributed by atoms with Crippen molar-refractivity contribution in [3.8, 4) is 0 Å². The number of hydrogen-bond acceptors (Lipinski definition) is 3. The fraction of sp³-hybridized carbons (Fsp3) is 0.286. The standard InChI is InChI=1S/C14H15NO2/c1-10(2)17-9-14(16)12-7-8-15-13-6-4-3-5-11(12)13/h3-8,10H,9H2,1-2H3. The van der Waals surface area contributed by atoms with Crippen molar-refractivity contribution < 1.29 is 9.53 Å². The summed E-state index contributed by atoms with van der Waals surface area (Å²) in [6.45, 7) is 3.95. The van der Waals surface area contributed by atoms with Gasteiger partial charge in [-0.25, -0.2) is 0 Å². The molecule has 0 saturated heterocycles. The predicted octanol–water partition coefficient (Wildman–Crippen LogP) is 2.84. The molecule has 0 bridgehead atoms. The lowest BCUT2D eigenvalue weighted by Crippen LogP contribution is -2.13. The Bertz CT molecular complexity index is 529. The third kappa shape index (κ3) is 2.68. The first-order valence-corrected chi connectivity index (χ1v) is 5.67. The van der Waals surface area contributed by atoms with E-state index >= 15 is 0 Å². The lowest BCUT2D eigenvalue weighted by atomic mass is 10.1. The molecule has 0 aliphatic rings. The van der Waals surface area contributed by atoms with Crippen molar-refractivity contribution in [3.05, 3.63) is 42.1 Å². The van der Waals surface area contributed by atoms with E-state index in [9.17, 15) is 4.79 Å². The molecule has 0 aliphatic carbocycles. The third-order valence-corrected chi connectivity index (χ3v) is 2.50. The van der Waals surface area contributed by atoms with Crippen LogP contribution in [0.2, 0.25) is 0 Å². The van der Waals surface area contributed by atoms with Crippen LogP contribution in [0.4, 0.5) is 0 Å². The number of carbonyl (C=O) groups is 1. The number of benzene rings is 1. The van der Waals surface area contributed by atoms with Crippen LogP contribution in [0.3, 0.4) is 0 Å². The Morgan fingerprint density at radius 3 is 2.82 bits per heavy atom. The Morgan fingerprint density at radius 1 is 1.29 bits per heavy atom. The number of nitrogens with zero attached hydrogens (tertiary/aromatic N) is 1. The maximum Gasteiger partial charge on any atom is 0.189 e. The molecule has 3 heteroatoms. The van der Waals surface area contributed by atoms with Crippen LogP contribution >= 0.6 is 0 Å². The Labute approximate surface area is 100 Å². The second-order valence-electron chi connectivity index (χ2n) is 4.16. The van der Waals surface area contributed by atoms with Crippen LogP contribution in [-0.4, -0.2) is 23.5 Å². The van der Waals surface area contributed by atoms with Gasteiger partial charge < -0.3 is 4.74 Å². The van der Waals surface area contributed by atoms with Crippen LogP contribution in [0.25, 0.3) is 10.9 Å². The molecule has 0 saturated carbocycles. The number of pyridine rings is 1. The Balaban J connectivity index is 2.32. The number of ketones is 1. The highest BCUT2D eigenvalue weighted by Crippen LogP contribution is 2.16. The summed E-state index contributed by atoms with van der Waals surface area (Å²) >= 11 is 0. The largest absolute Gasteiger partial charge is 0.371 e. The van der Waals surface area contributed by atoms with Gasteiger partial charge in [0, 0.05) is 17.1 Å². The Morgan fingerprint density at radius 2 is 2.06 bits per heavy atom. The van der Waals surface area contributed by atoms with Gasteiger partial charge in [-0.2, -0.15) is 0 Å². The zero-order valence-corrected chi connectivity index (χ0v) is 10.0. The van der Waals surface area contributed by atoms with Crippen LogP contribution in [0.5, 0.6) is 0 Å². The molecular formula is C14H15NO2. The summed E-state index contributed by atoms with van der Waals surface area (Å²) < 4.78 is 5.34. The highest BCUT2D eigenvalue weighted by Gasteiger charge is 2.10. The molecule has 0 radical (unpaired) electrons. The summed E-state index contributed by atoms with van der Waals surface area (Å²) in [5.74, 6) is -0.00250. The molecule has 1 aromatic carbocycles. The maximum atomic E-state index is 12.0. The summed E-state index contributed by atoms with van der Waals surface area (Å²) in [6, 6.07) is 9.37. The molecule has 0 aliphatic heterocycles. The average molecular weight is 229 g/mol. The van der Waals surface area contributed by atoms with Gasteiger partial charge >= 0.3 is 0 Å². The van der Waals surface area contributed by atoms with Crippen molar-refractivity contribution in [3.63, 3.8) is 0 Å². The van der Waals surface area contributed by atoms with Crippen molar-refractivity contribution >= 4 is 16.7 Å². The zero-order valence-electron chi connectivity index (χ0n) is 10.0. The number of Topliss-reactive ketones (excluding diaryl/α,β-unsaturated/α-hetero) is 1. The highest BCUT2D eigenvalue weighted by atomic mass is 16.5. The molecule has 2 rings (SSSR count). The van der Waals surface area contributed by atoms with E-state index in [1.165, 1.54) is 0 Å². The molecule has 88 valence electrons. The predicted molar refractivity (Wildman–Crippen MR) is 67.2 cm³/mol. The lowest BCUT2D eigenvalue weighted by molar-refractivity contribution is 0.0586.